The summed E-state index contributed by atoms with van der Waals surface area (Å²) in [7, 11) is 0. The molecule has 0 amide bonds. The molecule has 0 saturated carbocycles. The van der Waals surface area contributed by atoms with E-state index in [-0.39, 0.29) is 5.78 Å². The SMILES string of the molecule is O=[NH+]N1c2ccccc2C(=O)[C@@H]1c1ccccc1. The summed E-state index contributed by atoms with van der Waals surface area (Å²) >= 11 is 0. The largest absolute Gasteiger partial charge is 0.291 e. The summed E-state index contributed by atoms with van der Waals surface area (Å²) in [6, 6.07) is 15.8. The lowest BCUT2D eigenvalue weighted by molar-refractivity contribution is -0.499. The molecule has 0 spiro atoms. The number of benzene rings is 2. The zero-order valence-corrected chi connectivity index (χ0v) is 9.54. The topological polar surface area (TPSA) is 51.4 Å². The fourth-order valence-corrected chi connectivity index (χ4v) is 2.33. The molecule has 2 aromatic rings. The molecular formula is C14H11N2O2+. The molecule has 1 atom stereocenters. The minimum absolute atomic E-state index is 0.0554. The molecule has 1 aliphatic rings. The van der Waals surface area contributed by atoms with Gasteiger partial charge in [0.25, 0.3) is 0 Å². The number of nitrogens with zero attached hydrogens (tertiary/aromatic N) is 1. The van der Waals surface area contributed by atoms with Crippen LogP contribution in [0.3, 0.4) is 0 Å². The summed E-state index contributed by atoms with van der Waals surface area (Å²) < 4.78 is 0. The van der Waals surface area contributed by atoms with Crippen LogP contribution in [0.5, 0.6) is 0 Å². The Hall–Kier alpha value is -2.49. The predicted octanol–water partition coefficient (Wildman–Crippen LogP) is 1.19. The van der Waals surface area contributed by atoms with Crippen LogP contribution in [0.1, 0.15) is 22.0 Å². The maximum atomic E-state index is 12.3. The Morgan fingerprint density at radius 2 is 1.61 bits per heavy atom. The second kappa shape index (κ2) is 4.07. The van der Waals surface area contributed by atoms with Crippen molar-refractivity contribution < 1.29 is 10.1 Å². The van der Waals surface area contributed by atoms with Crippen molar-refractivity contribution in [2.45, 2.75) is 6.04 Å². The van der Waals surface area contributed by atoms with Gasteiger partial charge in [0.15, 0.2) is 11.8 Å². The van der Waals surface area contributed by atoms with Crippen molar-refractivity contribution in [1.29, 1.82) is 0 Å². The van der Waals surface area contributed by atoms with Crippen LogP contribution in [0.4, 0.5) is 5.69 Å². The molecule has 4 nitrogen and oxygen atoms in total. The summed E-state index contributed by atoms with van der Waals surface area (Å²) in [6.07, 6.45) is 0. The van der Waals surface area contributed by atoms with Crippen molar-refractivity contribution in [3.63, 3.8) is 0 Å². The number of hydrogen-bond acceptors (Lipinski definition) is 2. The number of carbonyl (C=O) groups is 1. The van der Waals surface area contributed by atoms with E-state index in [2.05, 4.69) is 0 Å². The molecule has 2 aromatic carbocycles. The van der Waals surface area contributed by atoms with E-state index in [1.54, 1.807) is 18.2 Å². The first kappa shape index (κ1) is 10.7. The molecular weight excluding hydrogens is 228 g/mol. The van der Waals surface area contributed by atoms with Crippen LogP contribution in [0, 0.1) is 4.91 Å². The molecule has 0 fully saturated rings. The molecule has 1 heterocycles. The average molecular weight is 239 g/mol. The number of hydrazine groups is 1. The Balaban J connectivity index is 2.14. The molecule has 3 rings (SSSR count). The third-order valence-electron chi connectivity index (χ3n) is 3.15. The first-order chi connectivity index (χ1) is 8.83. The normalized spacial score (nSPS) is 17.7. The van der Waals surface area contributed by atoms with Crippen molar-refractivity contribution in [3.05, 3.63) is 70.6 Å². The monoisotopic (exact) mass is 239 g/mol. The third kappa shape index (κ3) is 1.43. The number of nitrogens with one attached hydrogen (secondary N) is 1. The average Bonchev–Trinajstić information content (AvgIpc) is 2.73. The summed E-state index contributed by atoms with van der Waals surface area (Å²) in [4.78, 5) is 23.5. The smallest absolute Gasteiger partial charge is 0.198 e. The third-order valence-corrected chi connectivity index (χ3v) is 3.15. The van der Waals surface area contributed by atoms with Gasteiger partial charge in [-0.2, -0.15) is 0 Å². The predicted molar refractivity (Wildman–Crippen MR) is 66.8 cm³/mol. The first-order valence-corrected chi connectivity index (χ1v) is 5.68. The second-order valence-corrected chi connectivity index (χ2v) is 4.16. The van der Waals surface area contributed by atoms with E-state index >= 15 is 0 Å². The van der Waals surface area contributed by atoms with Crippen molar-refractivity contribution in [3.8, 4) is 0 Å². The van der Waals surface area contributed by atoms with Gasteiger partial charge in [0, 0.05) is 10.5 Å². The number of rotatable bonds is 2. The highest BCUT2D eigenvalue weighted by atomic mass is 16.3. The van der Waals surface area contributed by atoms with Crippen LogP contribution in [-0.4, -0.2) is 5.78 Å². The van der Waals surface area contributed by atoms with Crippen LogP contribution < -0.4 is 10.3 Å². The minimum Gasteiger partial charge on any atom is -0.291 e. The first-order valence-electron chi connectivity index (χ1n) is 5.68. The van der Waals surface area contributed by atoms with Gasteiger partial charge in [-0.05, 0) is 17.7 Å². The molecule has 18 heavy (non-hydrogen) atoms. The Bertz CT molecular complexity index is 610. The van der Waals surface area contributed by atoms with Crippen molar-refractivity contribution in [2.75, 3.05) is 5.01 Å². The number of hydrogen-bond donors (Lipinski definition) is 1. The maximum absolute atomic E-state index is 12.3. The lowest BCUT2D eigenvalue weighted by Crippen LogP contribution is -2.78. The summed E-state index contributed by atoms with van der Waals surface area (Å²) in [5.41, 5.74) is 2.02. The molecule has 0 bridgehead atoms. The van der Waals surface area contributed by atoms with E-state index < -0.39 is 6.04 Å². The zero-order chi connectivity index (χ0) is 12.5. The standard InChI is InChI=1S/C14H10N2O2/c17-14-11-8-4-5-9-12(11)16(15-18)13(14)10-6-2-1-3-7-10/h1-9,13H/p+1/t13-/m0/s1. The van der Waals surface area contributed by atoms with E-state index in [1.165, 1.54) is 5.01 Å². The van der Waals surface area contributed by atoms with E-state index in [0.29, 0.717) is 11.3 Å². The van der Waals surface area contributed by atoms with Gasteiger partial charge in [0.05, 0.1) is 0 Å². The Morgan fingerprint density at radius 1 is 0.944 bits per heavy atom. The van der Waals surface area contributed by atoms with Crippen molar-refractivity contribution in [2.24, 2.45) is 0 Å². The summed E-state index contributed by atoms with van der Waals surface area (Å²) in [5, 5.41) is 3.23. The number of Topliss-reactive ketones (excluding diaryl/α,β-unsaturated/α-hetero) is 1. The van der Waals surface area contributed by atoms with Crippen molar-refractivity contribution in [1.82, 2.24) is 0 Å². The maximum Gasteiger partial charge on any atom is 0.198 e. The fraction of sp³-hybridized carbons (Fsp3) is 0.0714. The summed E-state index contributed by atoms with van der Waals surface area (Å²) in [5.74, 6) is -0.0554. The Morgan fingerprint density at radius 3 is 2.33 bits per heavy atom. The summed E-state index contributed by atoms with van der Waals surface area (Å²) in [6.45, 7) is 0. The Kier molecular flexibility index (Phi) is 2.41. The van der Waals surface area contributed by atoms with Crippen molar-refractivity contribution >= 4 is 11.5 Å². The van der Waals surface area contributed by atoms with E-state index in [0.717, 1.165) is 5.56 Å². The van der Waals surface area contributed by atoms with Crippen LogP contribution in [-0.2, 0) is 0 Å². The number of nitroso groups, excluding NO2 is 1. The van der Waals surface area contributed by atoms with E-state index in [4.69, 9.17) is 0 Å². The van der Waals surface area contributed by atoms with Crippen LogP contribution in [0.2, 0.25) is 0 Å². The van der Waals surface area contributed by atoms with E-state index in [9.17, 15) is 9.70 Å². The van der Waals surface area contributed by atoms with Gasteiger partial charge in [0.2, 0.25) is 0 Å². The molecule has 1 N–H and O–H groups in total. The molecule has 0 radical (unpaired) electrons. The fourth-order valence-electron chi connectivity index (χ4n) is 2.33. The number of carbonyl (C=O) groups excluding carboxylic acids is 1. The molecule has 0 unspecified atom stereocenters. The van der Waals surface area contributed by atoms with Gasteiger partial charge in [0.1, 0.15) is 11.0 Å². The van der Waals surface area contributed by atoms with Gasteiger partial charge in [-0.25, -0.2) is 0 Å². The highest BCUT2D eigenvalue weighted by Crippen LogP contribution is 2.36. The number of ketones is 1. The van der Waals surface area contributed by atoms with Gasteiger partial charge >= 0.3 is 0 Å². The van der Waals surface area contributed by atoms with Gasteiger partial charge in [-0.15, -0.1) is 0 Å². The van der Waals surface area contributed by atoms with Crippen LogP contribution in [0.25, 0.3) is 0 Å². The number of para-hydroxylation sites is 1. The molecule has 4 heteroatoms. The molecule has 88 valence electrons. The highest BCUT2D eigenvalue weighted by molar-refractivity contribution is 6.10. The molecule has 0 aliphatic carbocycles. The zero-order valence-electron chi connectivity index (χ0n) is 9.54. The molecule has 1 aliphatic heterocycles. The number of fused-ring (bicyclic) bond motifs is 1. The van der Waals surface area contributed by atoms with Crippen LogP contribution in [0.15, 0.2) is 54.6 Å². The lowest BCUT2D eigenvalue weighted by atomic mass is 10.0. The number of anilines is 1. The molecule has 0 aromatic heterocycles. The van der Waals surface area contributed by atoms with Gasteiger partial charge in [-0.3, -0.25) is 4.79 Å². The minimum atomic E-state index is -0.582. The van der Waals surface area contributed by atoms with Crippen LogP contribution >= 0.6 is 0 Å². The Labute approximate surface area is 104 Å². The van der Waals surface area contributed by atoms with Gasteiger partial charge < -0.3 is 0 Å². The quantitative estimate of drug-likeness (QED) is 0.856. The lowest BCUT2D eigenvalue weighted by Gasteiger charge is -2.12. The van der Waals surface area contributed by atoms with E-state index in [1.807, 2.05) is 41.7 Å². The van der Waals surface area contributed by atoms with Gasteiger partial charge in [-0.1, -0.05) is 47.5 Å². The second-order valence-electron chi connectivity index (χ2n) is 4.16. The highest BCUT2D eigenvalue weighted by Gasteiger charge is 2.42. The molecule has 0 saturated heterocycles.